The average Bonchev–Trinajstić information content (AvgIpc) is 2.20. The zero-order valence-corrected chi connectivity index (χ0v) is 8.48. The molecule has 0 fully saturated rings. The Morgan fingerprint density at radius 1 is 1.29 bits per heavy atom. The van der Waals surface area contributed by atoms with Crippen LogP contribution in [0, 0.1) is 0 Å². The highest BCUT2D eigenvalue weighted by atomic mass is 35.5. The zero-order chi connectivity index (χ0) is 10.6. The van der Waals surface area contributed by atoms with Crippen LogP contribution in [0.3, 0.4) is 0 Å². The molecule has 0 amide bonds. The quantitative estimate of drug-likeness (QED) is 0.653. The van der Waals surface area contributed by atoms with E-state index in [0.717, 1.165) is 5.56 Å². The number of phenols is 1. The number of benzene rings is 1. The minimum absolute atomic E-state index is 0.138. The van der Waals surface area contributed by atoms with Gasteiger partial charge in [0.15, 0.2) is 0 Å². The molecular formula is C10H14ClNO2. The second kappa shape index (κ2) is 5.20. The smallest absolute Gasteiger partial charge is 0.115 e. The van der Waals surface area contributed by atoms with Crippen LogP contribution in [0.25, 0.3) is 0 Å². The molecule has 14 heavy (non-hydrogen) atoms. The third kappa shape index (κ3) is 3.18. The van der Waals surface area contributed by atoms with Gasteiger partial charge in [0.1, 0.15) is 5.75 Å². The molecule has 0 saturated heterocycles. The van der Waals surface area contributed by atoms with Crippen LogP contribution in [-0.4, -0.2) is 28.2 Å². The maximum atomic E-state index is 9.34. The number of hydrogen-bond acceptors (Lipinski definition) is 3. The van der Waals surface area contributed by atoms with Crippen molar-refractivity contribution in [2.24, 2.45) is 5.73 Å². The van der Waals surface area contributed by atoms with Crippen molar-refractivity contribution in [2.45, 2.75) is 18.6 Å². The van der Waals surface area contributed by atoms with Crippen LogP contribution in [0.2, 0.25) is 0 Å². The minimum atomic E-state index is -0.689. The Kier molecular flexibility index (Phi) is 4.20. The first-order chi connectivity index (χ1) is 6.63. The Balaban J connectivity index is 2.56. The molecule has 0 bridgehead atoms. The highest BCUT2D eigenvalue weighted by Crippen LogP contribution is 2.11. The van der Waals surface area contributed by atoms with E-state index in [9.17, 15) is 5.11 Å². The van der Waals surface area contributed by atoms with Crippen LogP contribution in [0.15, 0.2) is 24.3 Å². The molecule has 0 unspecified atom stereocenters. The summed E-state index contributed by atoms with van der Waals surface area (Å²) >= 11 is 5.47. The van der Waals surface area contributed by atoms with Crippen molar-refractivity contribution in [3.63, 3.8) is 0 Å². The second-order valence-electron chi connectivity index (χ2n) is 3.26. The summed E-state index contributed by atoms with van der Waals surface area (Å²) in [6.45, 7) is 0. The van der Waals surface area contributed by atoms with Gasteiger partial charge in [-0.3, -0.25) is 0 Å². The predicted molar refractivity (Wildman–Crippen MR) is 56.5 cm³/mol. The number of alkyl halides is 1. The number of phenolic OH excluding ortho intramolecular Hbond substituents is 1. The van der Waals surface area contributed by atoms with Crippen molar-refractivity contribution in [3.05, 3.63) is 29.8 Å². The Hall–Kier alpha value is -0.770. The van der Waals surface area contributed by atoms with E-state index in [1.165, 1.54) is 0 Å². The van der Waals surface area contributed by atoms with E-state index in [1.54, 1.807) is 24.3 Å². The number of aliphatic hydroxyl groups is 1. The number of nitrogens with two attached hydrogens (primary N) is 1. The van der Waals surface area contributed by atoms with Gasteiger partial charge >= 0.3 is 0 Å². The van der Waals surface area contributed by atoms with E-state index in [1.807, 2.05) is 0 Å². The zero-order valence-electron chi connectivity index (χ0n) is 7.73. The van der Waals surface area contributed by atoms with Gasteiger partial charge in [-0.2, -0.15) is 0 Å². The summed E-state index contributed by atoms with van der Waals surface area (Å²) in [7, 11) is 0. The fourth-order valence-electron chi connectivity index (χ4n) is 1.15. The lowest BCUT2D eigenvalue weighted by Crippen LogP contribution is -2.37. The summed E-state index contributed by atoms with van der Waals surface area (Å²) in [5.41, 5.74) is 6.67. The van der Waals surface area contributed by atoms with Crippen LogP contribution in [-0.2, 0) is 6.42 Å². The molecule has 0 spiro atoms. The molecule has 4 heteroatoms. The lowest BCUT2D eigenvalue weighted by molar-refractivity contribution is 0.166. The molecule has 0 aliphatic rings. The first-order valence-corrected chi connectivity index (χ1v) is 4.94. The molecule has 3 nitrogen and oxygen atoms in total. The molecule has 78 valence electrons. The normalized spacial score (nSPS) is 15.1. The number of halogens is 1. The minimum Gasteiger partial charge on any atom is -0.508 e. The molecule has 1 rings (SSSR count). The summed E-state index contributed by atoms with van der Waals surface area (Å²) in [5, 5.41) is 18.4. The van der Waals surface area contributed by atoms with E-state index in [2.05, 4.69) is 0 Å². The van der Waals surface area contributed by atoms with Gasteiger partial charge < -0.3 is 15.9 Å². The Bertz CT molecular complexity index is 276. The van der Waals surface area contributed by atoms with Crippen LogP contribution in [0.5, 0.6) is 5.75 Å². The SMILES string of the molecule is N[C@@H](Cc1ccc(O)cc1)[C@H](O)CCl. The van der Waals surface area contributed by atoms with Crippen molar-refractivity contribution in [1.82, 2.24) is 0 Å². The molecule has 0 aliphatic heterocycles. The highest BCUT2D eigenvalue weighted by molar-refractivity contribution is 6.18. The number of aliphatic hydroxyl groups excluding tert-OH is 1. The largest absolute Gasteiger partial charge is 0.508 e. The summed E-state index contributed by atoms with van der Waals surface area (Å²) in [6, 6.07) is 6.37. The number of aromatic hydroxyl groups is 1. The van der Waals surface area contributed by atoms with Crippen molar-refractivity contribution in [1.29, 1.82) is 0 Å². The van der Waals surface area contributed by atoms with Crippen LogP contribution < -0.4 is 5.73 Å². The summed E-state index contributed by atoms with van der Waals surface area (Å²) in [6.07, 6.45) is -0.140. The molecule has 1 aromatic carbocycles. The molecule has 4 N–H and O–H groups in total. The van der Waals surface area contributed by atoms with Crippen LogP contribution in [0.4, 0.5) is 0 Å². The first kappa shape index (κ1) is 11.3. The van der Waals surface area contributed by atoms with E-state index in [0.29, 0.717) is 6.42 Å². The van der Waals surface area contributed by atoms with E-state index >= 15 is 0 Å². The molecule has 1 aromatic rings. The van der Waals surface area contributed by atoms with Gasteiger partial charge in [-0.15, -0.1) is 11.6 Å². The second-order valence-corrected chi connectivity index (χ2v) is 3.56. The lowest BCUT2D eigenvalue weighted by atomic mass is 10.0. The molecule has 0 aliphatic carbocycles. The maximum Gasteiger partial charge on any atom is 0.115 e. The fourth-order valence-corrected chi connectivity index (χ4v) is 1.38. The first-order valence-electron chi connectivity index (χ1n) is 4.41. The van der Waals surface area contributed by atoms with Gasteiger partial charge in [-0.25, -0.2) is 0 Å². The van der Waals surface area contributed by atoms with Gasteiger partial charge in [0, 0.05) is 11.9 Å². The summed E-state index contributed by atoms with van der Waals surface area (Å²) < 4.78 is 0. The average molecular weight is 216 g/mol. The summed E-state index contributed by atoms with van der Waals surface area (Å²) in [5.74, 6) is 0.361. The van der Waals surface area contributed by atoms with Gasteiger partial charge in [-0.05, 0) is 24.1 Å². The topological polar surface area (TPSA) is 66.5 Å². The van der Waals surface area contributed by atoms with Crippen LogP contribution >= 0.6 is 11.6 Å². The van der Waals surface area contributed by atoms with E-state index in [-0.39, 0.29) is 17.7 Å². The maximum absolute atomic E-state index is 9.34. The van der Waals surface area contributed by atoms with Gasteiger partial charge in [0.05, 0.1) is 6.10 Å². The predicted octanol–water partition coefficient (Wildman–Crippen LogP) is 0.862. The number of hydrogen-bond donors (Lipinski definition) is 3. The van der Waals surface area contributed by atoms with Gasteiger partial charge in [-0.1, -0.05) is 12.1 Å². The van der Waals surface area contributed by atoms with Gasteiger partial charge in [0.25, 0.3) is 0 Å². The lowest BCUT2D eigenvalue weighted by Gasteiger charge is -2.16. The molecule has 2 atom stereocenters. The molecule has 0 heterocycles. The standard InChI is InChI=1S/C10H14ClNO2/c11-6-10(14)9(12)5-7-1-3-8(13)4-2-7/h1-4,9-10,13-14H,5-6,12H2/t9-,10+/m0/s1. The Morgan fingerprint density at radius 2 is 1.86 bits per heavy atom. The van der Waals surface area contributed by atoms with Crippen molar-refractivity contribution < 1.29 is 10.2 Å². The molecule has 0 saturated carbocycles. The third-order valence-corrected chi connectivity index (χ3v) is 2.38. The summed E-state index contributed by atoms with van der Waals surface area (Å²) in [4.78, 5) is 0. The molecule has 0 aromatic heterocycles. The fraction of sp³-hybridized carbons (Fsp3) is 0.400. The Labute approximate surface area is 88.1 Å². The monoisotopic (exact) mass is 215 g/mol. The molecular weight excluding hydrogens is 202 g/mol. The van der Waals surface area contributed by atoms with Crippen molar-refractivity contribution >= 4 is 11.6 Å². The molecule has 0 radical (unpaired) electrons. The van der Waals surface area contributed by atoms with Gasteiger partial charge in [0.2, 0.25) is 0 Å². The van der Waals surface area contributed by atoms with Crippen LogP contribution in [0.1, 0.15) is 5.56 Å². The van der Waals surface area contributed by atoms with E-state index < -0.39 is 6.10 Å². The van der Waals surface area contributed by atoms with Crippen molar-refractivity contribution in [2.75, 3.05) is 5.88 Å². The number of rotatable bonds is 4. The highest BCUT2D eigenvalue weighted by Gasteiger charge is 2.13. The Morgan fingerprint density at radius 3 is 2.36 bits per heavy atom. The third-order valence-electron chi connectivity index (χ3n) is 2.06. The van der Waals surface area contributed by atoms with E-state index in [4.69, 9.17) is 22.4 Å². The van der Waals surface area contributed by atoms with Crippen molar-refractivity contribution in [3.8, 4) is 5.75 Å².